The number of nitrogen functional groups attached to an aromatic ring is 1. The second kappa shape index (κ2) is 6.01. The molecule has 0 amide bonds. The molecule has 21 heavy (non-hydrogen) atoms. The monoisotopic (exact) mass is 328 g/mol. The molecule has 0 fully saturated rings. The Kier molecular flexibility index (Phi) is 4.51. The summed E-state index contributed by atoms with van der Waals surface area (Å²) in [6.45, 7) is 0.105. The van der Waals surface area contributed by atoms with E-state index in [4.69, 9.17) is 17.3 Å². The molecule has 2 aromatic rings. The highest BCUT2D eigenvalue weighted by atomic mass is 35.5. The van der Waals surface area contributed by atoms with Gasteiger partial charge in [0.2, 0.25) is 10.0 Å². The largest absolute Gasteiger partial charge is 0.399 e. The maximum atomic E-state index is 13.7. The van der Waals surface area contributed by atoms with Crippen LogP contribution in [-0.2, 0) is 16.6 Å². The molecule has 2 N–H and O–H groups in total. The molecule has 0 radical (unpaired) electrons. The molecule has 0 aliphatic heterocycles. The lowest BCUT2D eigenvalue weighted by atomic mass is 10.2. The Balaban J connectivity index is 2.30. The normalized spacial score (nSPS) is 11.8. The van der Waals surface area contributed by atoms with Crippen molar-refractivity contribution in [2.45, 2.75) is 11.4 Å². The quantitative estimate of drug-likeness (QED) is 0.878. The summed E-state index contributed by atoms with van der Waals surface area (Å²) in [5.41, 5.74) is 6.46. The zero-order valence-corrected chi connectivity index (χ0v) is 12.8. The molecule has 0 aliphatic carbocycles. The third-order valence-electron chi connectivity index (χ3n) is 2.96. The van der Waals surface area contributed by atoms with Crippen molar-refractivity contribution in [1.29, 1.82) is 0 Å². The van der Waals surface area contributed by atoms with Gasteiger partial charge in [-0.1, -0.05) is 23.7 Å². The van der Waals surface area contributed by atoms with Gasteiger partial charge in [0.25, 0.3) is 0 Å². The summed E-state index contributed by atoms with van der Waals surface area (Å²) >= 11 is 5.78. The second-order valence-electron chi connectivity index (χ2n) is 4.58. The molecule has 0 aromatic heterocycles. The van der Waals surface area contributed by atoms with Crippen LogP contribution in [0.4, 0.5) is 10.1 Å². The maximum Gasteiger partial charge on any atom is 0.246 e. The van der Waals surface area contributed by atoms with Gasteiger partial charge in [-0.3, -0.25) is 0 Å². The lowest BCUT2D eigenvalue weighted by Crippen LogP contribution is -2.27. The van der Waals surface area contributed by atoms with E-state index in [1.54, 1.807) is 24.3 Å². The van der Waals surface area contributed by atoms with Gasteiger partial charge in [-0.15, -0.1) is 0 Å². The molecule has 0 saturated carbocycles. The van der Waals surface area contributed by atoms with Crippen LogP contribution in [0.5, 0.6) is 0 Å². The predicted octanol–water partition coefficient (Wildman–Crippen LogP) is 2.88. The van der Waals surface area contributed by atoms with Crippen molar-refractivity contribution in [3.05, 3.63) is 58.9 Å². The van der Waals surface area contributed by atoms with Gasteiger partial charge in [0.15, 0.2) is 0 Å². The van der Waals surface area contributed by atoms with Gasteiger partial charge in [0.1, 0.15) is 10.7 Å². The van der Waals surface area contributed by atoms with Crippen molar-refractivity contribution in [3.8, 4) is 0 Å². The topological polar surface area (TPSA) is 63.4 Å². The van der Waals surface area contributed by atoms with Gasteiger partial charge in [0.05, 0.1) is 0 Å². The molecule has 0 saturated heterocycles. The minimum absolute atomic E-state index is 0.105. The van der Waals surface area contributed by atoms with Crippen molar-refractivity contribution in [2.24, 2.45) is 0 Å². The lowest BCUT2D eigenvalue weighted by Gasteiger charge is -2.18. The van der Waals surface area contributed by atoms with Crippen LogP contribution in [0.25, 0.3) is 0 Å². The predicted molar refractivity (Wildman–Crippen MR) is 80.9 cm³/mol. The number of nitrogens with zero attached hydrogens (tertiary/aromatic N) is 1. The van der Waals surface area contributed by atoms with Crippen LogP contribution in [0.1, 0.15) is 5.56 Å². The van der Waals surface area contributed by atoms with Crippen molar-refractivity contribution < 1.29 is 12.8 Å². The van der Waals surface area contributed by atoms with Crippen LogP contribution in [0, 0.1) is 5.82 Å². The summed E-state index contributed by atoms with van der Waals surface area (Å²) in [7, 11) is -2.57. The van der Waals surface area contributed by atoms with Crippen LogP contribution in [0.15, 0.2) is 47.4 Å². The SMILES string of the molecule is CN(Cc1ccc(Cl)cc1)S(=O)(=O)c1cc(N)ccc1F. The smallest absolute Gasteiger partial charge is 0.246 e. The van der Waals surface area contributed by atoms with Gasteiger partial charge in [-0.2, -0.15) is 4.31 Å². The first-order chi connectivity index (χ1) is 9.80. The van der Waals surface area contributed by atoms with E-state index in [9.17, 15) is 12.8 Å². The van der Waals surface area contributed by atoms with E-state index < -0.39 is 20.7 Å². The standard InChI is InChI=1S/C14H14ClFN2O2S/c1-18(9-10-2-4-11(15)5-3-10)21(19,20)14-8-12(17)6-7-13(14)16/h2-8H,9,17H2,1H3. The van der Waals surface area contributed by atoms with Gasteiger partial charge in [-0.05, 0) is 35.9 Å². The summed E-state index contributed by atoms with van der Waals surface area (Å²) in [5, 5.41) is 0.561. The molecule has 0 aliphatic rings. The number of anilines is 1. The molecule has 0 bridgehead atoms. The molecule has 0 atom stereocenters. The molecule has 2 rings (SSSR count). The van der Waals surface area contributed by atoms with E-state index in [0.29, 0.717) is 5.02 Å². The van der Waals surface area contributed by atoms with Crippen LogP contribution < -0.4 is 5.73 Å². The highest BCUT2D eigenvalue weighted by Gasteiger charge is 2.24. The van der Waals surface area contributed by atoms with Crippen LogP contribution in [0.2, 0.25) is 5.02 Å². The third-order valence-corrected chi connectivity index (χ3v) is 5.03. The number of rotatable bonds is 4. The molecule has 0 heterocycles. The minimum Gasteiger partial charge on any atom is -0.399 e. The van der Waals surface area contributed by atoms with Gasteiger partial charge in [0, 0.05) is 24.3 Å². The first kappa shape index (κ1) is 15.8. The number of hydrogen-bond acceptors (Lipinski definition) is 3. The summed E-state index contributed by atoms with van der Waals surface area (Å²) in [6.07, 6.45) is 0. The van der Waals surface area contributed by atoms with Gasteiger partial charge < -0.3 is 5.73 Å². The molecule has 0 unspecified atom stereocenters. The second-order valence-corrected chi connectivity index (χ2v) is 7.03. The fraction of sp³-hybridized carbons (Fsp3) is 0.143. The lowest BCUT2D eigenvalue weighted by molar-refractivity contribution is 0.460. The Morgan fingerprint density at radius 2 is 1.81 bits per heavy atom. The zero-order valence-electron chi connectivity index (χ0n) is 11.3. The molecule has 0 spiro atoms. The fourth-order valence-corrected chi connectivity index (χ4v) is 3.20. The Bertz CT molecular complexity index is 748. The number of sulfonamides is 1. The molecular formula is C14H14ClFN2O2S. The minimum atomic E-state index is -3.96. The highest BCUT2D eigenvalue weighted by molar-refractivity contribution is 7.89. The van der Waals surface area contributed by atoms with Crippen LogP contribution in [-0.4, -0.2) is 19.8 Å². The molecule has 112 valence electrons. The summed E-state index contributed by atoms with van der Waals surface area (Å²) in [4.78, 5) is -0.432. The molecule has 4 nitrogen and oxygen atoms in total. The Morgan fingerprint density at radius 1 is 1.19 bits per heavy atom. The fourth-order valence-electron chi connectivity index (χ4n) is 1.82. The van der Waals surface area contributed by atoms with Crippen LogP contribution >= 0.6 is 11.6 Å². The van der Waals surface area contributed by atoms with Crippen molar-refractivity contribution in [1.82, 2.24) is 4.31 Å². The van der Waals surface area contributed by atoms with E-state index in [0.717, 1.165) is 22.0 Å². The number of nitrogens with two attached hydrogens (primary N) is 1. The summed E-state index contributed by atoms with van der Waals surface area (Å²) in [5.74, 6) is -0.827. The Labute approximate surface area is 128 Å². The molecule has 7 heteroatoms. The van der Waals surface area contributed by atoms with E-state index in [2.05, 4.69) is 0 Å². The van der Waals surface area contributed by atoms with Crippen LogP contribution in [0.3, 0.4) is 0 Å². The van der Waals surface area contributed by atoms with Crippen molar-refractivity contribution in [2.75, 3.05) is 12.8 Å². The Hall–Kier alpha value is -1.63. The molecule has 2 aromatic carbocycles. The average Bonchev–Trinajstić information content (AvgIpc) is 2.43. The summed E-state index contributed by atoms with van der Waals surface area (Å²) < 4.78 is 39.6. The van der Waals surface area contributed by atoms with E-state index in [-0.39, 0.29) is 12.2 Å². The zero-order chi connectivity index (χ0) is 15.6. The van der Waals surface area contributed by atoms with E-state index >= 15 is 0 Å². The highest BCUT2D eigenvalue weighted by Crippen LogP contribution is 2.22. The van der Waals surface area contributed by atoms with Gasteiger partial charge in [-0.25, -0.2) is 12.8 Å². The number of benzene rings is 2. The molecular weight excluding hydrogens is 315 g/mol. The Morgan fingerprint density at radius 3 is 2.43 bits per heavy atom. The average molecular weight is 329 g/mol. The third kappa shape index (κ3) is 3.53. The van der Waals surface area contributed by atoms with Crippen molar-refractivity contribution >= 4 is 27.3 Å². The first-order valence-electron chi connectivity index (χ1n) is 6.06. The number of halogens is 2. The van der Waals surface area contributed by atoms with Crippen molar-refractivity contribution in [3.63, 3.8) is 0 Å². The maximum absolute atomic E-state index is 13.7. The van der Waals surface area contributed by atoms with E-state index in [1.165, 1.54) is 13.1 Å². The van der Waals surface area contributed by atoms with Gasteiger partial charge >= 0.3 is 0 Å². The van der Waals surface area contributed by atoms with E-state index in [1.807, 2.05) is 0 Å². The number of hydrogen-bond donors (Lipinski definition) is 1. The first-order valence-corrected chi connectivity index (χ1v) is 7.88. The summed E-state index contributed by atoms with van der Waals surface area (Å²) in [6, 6.07) is 10.2.